The van der Waals surface area contributed by atoms with Gasteiger partial charge in [-0.05, 0) is 24.6 Å². The average Bonchev–Trinajstić information content (AvgIpc) is 2.42. The maximum Gasteiger partial charge on any atom is 0.490 e. The Balaban J connectivity index is 0.000000322. The molecule has 0 bridgehead atoms. The summed E-state index contributed by atoms with van der Waals surface area (Å²) >= 11 is 0. The van der Waals surface area contributed by atoms with Gasteiger partial charge >= 0.3 is 12.1 Å². The number of hydrogen-bond donors (Lipinski definition) is 4. The summed E-state index contributed by atoms with van der Waals surface area (Å²) in [6, 6.07) is 6.81. The predicted molar refractivity (Wildman–Crippen MR) is 74.3 cm³/mol. The molecule has 7 nitrogen and oxygen atoms in total. The molecule has 5 N–H and O–H groups in total. The Hall–Kier alpha value is -2.78. The van der Waals surface area contributed by atoms with Crippen LogP contribution >= 0.6 is 0 Å². The molecule has 1 fully saturated rings. The van der Waals surface area contributed by atoms with Crippen molar-refractivity contribution in [3.8, 4) is 0 Å². The van der Waals surface area contributed by atoms with E-state index in [9.17, 15) is 22.8 Å². The normalized spacial score (nSPS) is 17.6. The number of carboxylic acid groups (broad SMARTS) is 1. The number of piperidine rings is 1. The van der Waals surface area contributed by atoms with Crippen LogP contribution in [0.2, 0.25) is 0 Å². The predicted octanol–water partition coefficient (Wildman–Crippen LogP) is 1.12. The van der Waals surface area contributed by atoms with Gasteiger partial charge in [0.25, 0.3) is 0 Å². The zero-order valence-electron chi connectivity index (χ0n) is 11.7. The lowest BCUT2D eigenvalue weighted by Crippen LogP contribution is -2.47. The van der Waals surface area contributed by atoms with Crippen molar-refractivity contribution in [2.45, 2.75) is 25.1 Å². The molecule has 23 heavy (non-hydrogen) atoms. The first kappa shape index (κ1) is 18.3. The highest BCUT2D eigenvalue weighted by Crippen LogP contribution is 2.16. The molecule has 2 amide bonds. The molecular formula is C13H14F3N3O4. The minimum absolute atomic E-state index is 0.212. The molecule has 1 unspecified atom stereocenters. The van der Waals surface area contributed by atoms with Crippen LogP contribution in [0.25, 0.3) is 0 Å². The zero-order chi connectivity index (χ0) is 17.6. The van der Waals surface area contributed by atoms with Gasteiger partial charge in [-0.15, -0.1) is 0 Å². The van der Waals surface area contributed by atoms with Crippen molar-refractivity contribution in [2.75, 3.05) is 11.1 Å². The molecule has 126 valence electrons. The number of rotatable bonds is 2. The number of halogens is 3. The number of nitrogens with one attached hydrogen (secondary N) is 2. The van der Waals surface area contributed by atoms with Gasteiger partial charge in [0.1, 0.15) is 6.04 Å². The van der Waals surface area contributed by atoms with Crippen molar-refractivity contribution in [3.63, 3.8) is 0 Å². The number of anilines is 2. The molecular weight excluding hydrogens is 319 g/mol. The van der Waals surface area contributed by atoms with Crippen LogP contribution in [-0.2, 0) is 14.4 Å². The monoisotopic (exact) mass is 333 g/mol. The summed E-state index contributed by atoms with van der Waals surface area (Å²) in [6.07, 6.45) is -4.20. The summed E-state index contributed by atoms with van der Waals surface area (Å²) in [5.41, 5.74) is 7.05. The van der Waals surface area contributed by atoms with Gasteiger partial charge in [-0.3, -0.25) is 14.9 Å². The number of carbonyl (C=O) groups is 3. The maximum absolute atomic E-state index is 11.5. The number of aliphatic carboxylic acids is 1. The van der Waals surface area contributed by atoms with E-state index < -0.39 is 12.1 Å². The number of alkyl halides is 3. The molecule has 1 aliphatic heterocycles. The standard InChI is InChI=1S/C11H13N3O2.C2HF3O2/c12-7-2-1-3-8(6-7)13-9-4-5-10(15)14-11(9)16;3-2(4,5)1(6)7/h1-3,6,9,13H,4-5,12H2,(H,14,15,16);(H,6,7). The van der Waals surface area contributed by atoms with Crippen LogP contribution in [0.15, 0.2) is 24.3 Å². The fraction of sp³-hybridized carbons (Fsp3) is 0.308. The molecule has 0 aromatic heterocycles. The van der Waals surface area contributed by atoms with Gasteiger partial charge in [0.05, 0.1) is 0 Å². The molecule has 2 rings (SSSR count). The second-order valence-corrected chi connectivity index (χ2v) is 4.58. The summed E-state index contributed by atoms with van der Waals surface area (Å²) in [5, 5.41) is 12.5. The Morgan fingerprint density at radius 3 is 2.43 bits per heavy atom. The van der Waals surface area contributed by atoms with Crippen LogP contribution in [0.1, 0.15) is 12.8 Å². The Morgan fingerprint density at radius 2 is 1.96 bits per heavy atom. The van der Waals surface area contributed by atoms with E-state index in [-0.39, 0.29) is 17.9 Å². The van der Waals surface area contributed by atoms with Crippen LogP contribution in [-0.4, -0.2) is 35.1 Å². The SMILES string of the molecule is Nc1cccc(NC2CCC(=O)NC2=O)c1.O=C(O)C(F)(F)F. The summed E-state index contributed by atoms with van der Waals surface area (Å²) < 4.78 is 31.7. The molecule has 1 aromatic carbocycles. The van der Waals surface area contributed by atoms with Gasteiger partial charge < -0.3 is 16.2 Å². The summed E-state index contributed by atoms with van der Waals surface area (Å²) in [5.74, 6) is -3.25. The van der Waals surface area contributed by atoms with Crippen molar-refractivity contribution in [1.29, 1.82) is 0 Å². The van der Waals surface area contributed by atoms with Crippen LogP contribution in [0, 0.1) is 0 Å². The first-order chi connectivity index (χ1) is 10.6. The Labute approximate surface area is 128 Å². The second kappa shape index (κ2) is 7.47. The Morgan fingerprint density at radius 1 is 1.35 bits per heavy atom. The second-order valence-electron chi connectivity index (χ2n) is 4.58. The minimum Gasteiger partial charge on any atom is -0.475 e. The van der Waals surface area contributed by atoms with Crippen molar-refractivity contribution in [1.82, 2.24) is 5.32 Å². The van der Waals surface area contributed by atoms with Gasteiger partial charge in [-0.2, -0.15) is 13.2 Å². The Kier molecular flexibility index (Phi) is 5.94. The molecule has 0 aliphatic carbocycles. The minimum atomic E-state index is -5.08. The maximum atomic E-state index is 11.5. The number of imide groups is 1. The van der Waals surface area contributed by atoms with Crippen molar-refractivity contribution in [2.24, 2.45) is 0 Å². The number of carbonyl (C=O) groups excluding carboxylic acids is 2. The number of benzene rings is 1. The number of nitrogen functional groups attached to an aromatic ring is 1. The van der Waals surface area contributed by atoms with E-state index in [1.54, 1.807) is 12.1 Å². The van der Waals surface area contributed by atoms with Gasteiger partial charge in [0, 0.05) is 17.8 Å². The fourth-order valence-electron chi connectivity index (χ4n) is 1.66. The highest BCUT2D eigenvalue weighted by Gasteiger charge is 2.38. The molecule has 1 saturated heterocycles. The lowest BCUT2D eigenvalue weighted by Gasteiger charge is -2.22. The van der Waals surface area contributed by atoms with Crippen molar-refractivity contribution in [3.05, 3.63) is 24.3 Å². The van der Waals surface area contributed by atoms with Gasteiger partial charge in [-0.1, -0.05) is 6.07 Å². The number of carboxylic acids is 1. The number of nitrogens with two attached hydrogens (primary N) is 1. The average molecular weight is 333 g/mol. The summed E-state index contributed by atoms with van der Waals surface area (Å²) in [6.45, 7) is 0. The molecule has 0 radical (unpaired) electrons. The van der Waals surface area contributed by atoms with E-state index in [4.69, 9.17) is 15.6 Å². The highest BCUT2D eigenvalue weighted by atomic mass is 19.4. The lowest BCUT2D eigenvalue weighted by molar-refractivity contribution is -0.192. The van der Waals surface area contributed by atoms with Crippen molar-refractivity contribution < 1.29 is 32.7 Å². The van der Waals surface area contributed by atoms with Gasteiger partial charge in [-0.25, -0.2) is 4.79 Å². The van der Waals surface area contributed by atoms with E-state index in [2.05, 4.69) is 10.6 Å². The van der Waals surface area contributed by atoms with E-state index in [0.717, 1.165) is 5.69 Å². The largest absolute Gasteiger partial charge is 0.490 e. The number of hydrogen-bond acceptors (Lipinski definition) is 5. The van der Waals surface area contributed by atoms with Crippen molar-refractivity contribution >= 4 is 29.2 Å². The summed E-state index contributed by atoms with van der Waals surface area (Å²) in [4.78, 5) is 31.3. The Bertz CT molecular complexity index is 604. The molecule has 0 spiro atoms. The molecule has 1 atom stereocenters. The third-order valence-electron chi connectivity index (χ3n) is 2.71. The molecule has 1 aliphatic rings. The first-order valence-electron chi connectivity index (χ1n) is 6.35. The van der Waals surface area contributed by atoms with E-state index in [1.165, 1.54) is 0 Å². The van der Waals surface area contributed by atoms with E-state index >= 15 is 0 Å². The molecule has 10 heteroatoms. The molecule has 1 aromatic rings. The van der Waals surface area contributed by atoms with Crippen LogP contribution < -0.4 is 16.4 Å². The fourth-order valence-corrected chi connectivity index (χ4v) is 1.66. The van der Waals surface area contributed by atoms with Crippen LogP contribution in [0.5, 0.6) is 0 Å². The molecule has 0 saturated carbocycles. The van der Waals surface area contributed by atoms with Crippen LogP contribution in [0.4, 0.5) is 24.5 Å². The first-order valence-corrected chi connectivity index (χ1v) is 6.35. The van der Waals surface area contributed by atoms with Gasteiger partial charge in [0.15, 0.2) is 0 Å². The topological polar surface area (TPSA) is 122 Å². The lowest BCUT2D eigenvalue weighted by atomic mass is 10.1. The third kappa shape index (κ3) is 6.24. The highest BCUT2D eigenvalue weighted by molar-refractivity contribution is 6.01. The van der Waals surface area contributed by atoms with E-state index in [1.807, 2.05) is 12.1 Å². The number of amides is 2. The summed E-state index contributed by atoms with van der Waals surface area (Å²) in [7, 11) is 0. The third-order valence-corrected chi connectivity index (χ3v) is 2.71. The van der Waals surface area contributed by atoms with Gasteiger partial charge in [0.2, 0.25) is 11.8 Å². The zero-order valence-corrected chi connectivity index (χ0v) is 11.7. The quantitative estimate of drug-likeness (QED) is 0.475. The van der Waals surface area contributed by atoms with E-state index in [0.29, 0.717) is 18.5 Å². The smallest absolute Gasteiger partial charge is 0.475 e. The molecule has 1 heterocycles. The van der Waals surface area contributed by atoms with Crippen LogP contribution in [0.3, 0.4) is 0 Å².